The molecule has 11 heteroatoms. The van der Waals surface area contributed by atoms with Crippen molar-refractivity contribution in [2.24, 2.45) is 11.5 Å². The maximum absolute atomic E-state index is 10.8. The van der Waals surface area contributed by atoms with Gasteiger partial charge in [0.15, 0.2) is 12.1 Å². The normalized spacial score (nSPS) is 11.0. The molecule has 0 radical (unpaired) electrons. The lowest BCUT2D eigenvalue weighted by molar-refractivity contribution is -0.143. The topological polar surface area (TPSA) is 140 Å². The lowest BCUT2D eigenvalue weighted by Gasteiger charge is -2.04. The summed E-state index contributed by atoms with van der Waals surface area (Å²) in [7, 11) is 2.57. The van der Waals surface area contributed by atoms with Crippen LogP contribution in [0.4, 0.5) is 0 Å². The van der Waals surface area contributed by atoms with Crippen LogP contribution in [0.15, 0.2) is 45.6 Å². The van der Waals surface area contributed by atoms with Gasteiger partial charge in [0.05, 0.1) is 26.7 Å². The van der Waals surface area contributed by atoms with Crippen LogP contribution in [-0.2, 0) is 23.8 Å². The Morgan fingerprint density at radius 2 is 1.21 bits per heavy atom. The third-order valence-electron chi connectivity index (χ3n) is 3.02. The number of esters is 2. The summed E-state index contributed by atoms with van der Waals surface area (Å²) in [6.45, 7) is 5.67. The zero-order valence-corrected chi connectivity index (χ0v) is 20.3. The minimum atomic E-state index is -0.810. The molecule has 0 spiro atoms. The Hall–Kier alpha value is -1.66. The molecule has 0 amide bonds. The van der Waals surface area contributed by atoms with E-state index in [2.05, 4.69) is 9.47 Å². The fourth-order valence-electron chi connectivity index (χ4n) is 1.63. The first kappa shape index (κ1) is 32.0. The van der Waals surface area contributed by atoms with Crippen LogP contribution in [0.1, 0.15) is 37.5 Å². The molecule has 0 fully saturated rings. The molecule has 0 bridgehead atoms. The van der Waals surface area contributed by atoms with E-state index < -0.39 is 24.0 Å². The molecule has 2 aromatic heterocycles. The highest BCUT2D eigenvalue weighted by Gasteiger charge is 2.18. The number of hydrogen-bond donors (Lipinski definition) is 2. The van der Waals surface area contributed by atoms with Crippen molar-refractivity contribution in [2.45, 2.75) is 25.9 Å². The first-order valence-electron chi connectivity index (χ1n) is 8.24. The Kier molecular flexibility index (Phi) is 21.7. The Morgan fingerprint density at radius 3 is 1.38 bits per heavy atom. The molecule has 29 heavy (non-hydrogen) atoms. The van der Waals surface area contributed by atoms with Crippen LogP contribution in [0.5, 0.6) is 0 Å². The van der Waals surface area contributed by atoms with Crippen LogP contribution in [0.25, 0.3) is 0 Å². The van der Waals surface area contributed by atoms with Gasteiger partial charge in [0.2, 0.25) is 0 Å². The van der Waals surface area contributed by atoms with Crippen molar-refractivity contribution >= 4 is 45.9 Å². The van der Waals surface area contributed by atoms with E-state index in [1.54, 1.807) is 24.3 Å². The SMILES string of the molecule is Br.Br.CCOCC.COC(=O)C(N)c1ccco1.COC(=O)C(N)c1ccco1. The van der Waals surface area contributed by atoms with Crippen LogP contribution in [0.2, 0.25) is 0 Å². The molecule has 2 unspecified atom stereocenters. The summed E-state index contributed by atoms with van der Waals surface area (Å²) < 4.78 is 23.4. The second kappa shape index (κ2) is 19.6. The van der Waals surface area contributed by atoms with E-state index in [1.165, 1.54) is 26.7 Å². The van der Waals surface area contributed by atoms with Crippen molar-refractivity contribution in [3.63, 3.8) is 0 Å². The number of nitrogens with two attached hydrogens (primary N) is 2. The third kappa shape index (κ3) is 13.2. The molecular formula is C18H30Br2N2O7. The van der Waals surface area contributed by atoms with Crippen molar-refractivity contribution in [3.8, 4) is 0 Å². The Labute approximate surface area is 191 Å². The number of methoxy groups -OCH3 is 2. The molecule has 2 aromatic rings. The summed E-state index contributed by atoms with van der Waals surface area (Å²) in [6.07, 6.45) is 2.91. The molecule has 0 aliphatic heterocycles. The fraction of sp³-hybridized carbons (Fsp3) is 0.444. The first-order chi connectivity index (χ1) is 12.9. The van der Waals surface area contributed by atoms with Gasteiger partial charge in [-0.2, -0.15) is 0 Å². The quantitative estimate of drug-likeness (QED) is 0.523. The molecule has 2 atom stereocenters. The van der Waals surface area contributed by atoms with Crippen molar-refractivity contribution < 1.29 is 32.6 Å². The smallest absolute Gasteiger partial charge is 0.330 e. The minimum absolute atomic E-state index is 0. The van der Waals surface area contributed by atoms with Crippen LogP contribution in [0.3, 0.4) is 0 Å². The summed E-state index contributed by atoms with van der Waals surface area (Å²) in [5.74, 6) is -0.173. The number of halogens is 2. The molecule has 2 heterocycles. The number of carbonyl (C=O) groups excluding carboxylic acids is 2. The van der Waals surface area contributed by atoms with E-state index in [0.717, 1.165) is 13.2 Å². The van der Waals surface area contributed by atoms with Gasteiger partial charge in [0.25, 0.3) is 0 Å². The number of carbonyl (C=O) groups is 2. The summed E-state index contributed by atoms with van der Waals surface area (Å²) in [4.78, 5) is 21.6. The maximum atomic E-state index is 10.8. The largest absolute Gasteiger partial charge is 0.468 e. The average Bonchev–Trinajstić information content (AvgIpc) is 3.41. The summed E-state index contributed by atoms with van der Waals surface area (Å²) in [6, 6.07) is 4.96. The zero-order valence-electron chi connectivity index (χ0n) is 16.9. The van der Waals surface area contributed by atoms with Crippen LogP contribution < -0.4 is 11.5 Å². The highest BCUT2D eigenvalue weighted by molar-refractivity contribution is 8.93. The van der Waals surface area contributed by atoms with Gasteiger partial charge >= 0.3 is 11.9 Å². The van der Waals surface area contributed by atoms with Gasteiger partial charge < -0.3 is 34.5 Å². The van der Waals surface area contributed by atoms with Crippen LogP contribution >= 0.6 is 34.0 Å². The standard InChI is InChI=1S/2C7H9NO3.C4H10O.2BrH/c2*1-10-7(9)6(8)5-3-2-4-11-5;1-3-5-4-2;;/h2*2-4,6H,8H2,1H3;3-4H2,1-2H3;2*1H. The number of furan rings is 2. The highest BCUT2D eigenvalue weighted by Crippen LogP contribution is 2.11. The first-order valence-corrected chi connectivity index (χ1v) is 8.24. The summed E-state index contributed by atoms with van der Waals surface area (Å²) >= 11 is 0. The molecule has 2 rings (SSSR count). The zero-order chi connectivity index (χ0) is 20.7. The number of ether oxygens (including phenoxy) is 3. The van der Waals surface area contributed by atoms with Crippen molar-refractivity contribution in [1.82, 2.24) is 0 Å². The maximum Gasteiger partial charge on any atom is 0.330 e. The van der Waals surface area contributed by atoms with E-state index >= 15 is 0 Å². The lowest BCUT2D eigenvalue weighted by Crippen LogP contribution is -2.21. The van der Waals surface area contributed by atoms with E-state index in [-0.39, 0.29) is 34.0 Å². The molecule has 9 nitrogen and oxygen atoms in total. The van der Waals surface area contributed by atoms with E-state index in [4.69, 9.17) is 25.0 Å². The Balaban J connectivity index is -0.000000361. The summed E-state index contributed by atoms with van der Waals surface area (Å²) in [5.41, 5.74) is 10.9. The number of rotatable bonds is 6. The minimum Gasteiger partial charge on any atom is -0.468 e. The molecule has 0 saturated heterocycles. The second-order valence-electron chi connectivity index (χ2n) is 4.81. The predicted molar refractivity (Wildman–Crippen MR) is 118 cm³/mol. The van der Waals surface area contributed by atoms with E-state index in [0.29, 0.717) is 11.5 Å². The molecule has 4 N–H and O–H groups in total. The Morgan fingerprint density at radius 1 is 0.862 bits per heavy atom. The van der Waals surface area contributed by atoms with Gasteiger partial charge in [-0.1, -0.05) is 0 Å². The predicted octanol–water partition coefficient (Wildman–Crippen LogP) is 3.10. The molecule has 0 aliphatic carbocycles. The van der Waals surface area contributed by atoms with Gasteiger partial charge in [0.1, 0.15) is 11.5 Å². The summed E-state index contributed by atoms with van der Waals surface area (Å²) in [5, 5.41) is 0. The highest BCUT2D eigenvalue weighted by atomic mass is 79.9. The second-order valence-corrected chi connectivity index (χ2v) is 4.81. The van der Waals surface area contributed by atoms with Crippen molar-refractivity contribution in [3.05, 3.63) is 48.3 Å². The molecule has 0 saturated carbocycles. The van der Waals surface area contributed by atoms with Crippen LogP contribution in [-0.4, -0.2) is 39.4 Å². The average molecular weight is 546 g/mol. The van der Waals surface area contributed by atoms with Gasteiger partial charge in [-0.25, -0.2) is 9.59 Å². The van der Waals surface area contributed by atoms with E-state index in [9.17, 15) is 9.59 Å². The van der Waals surface area contributed by atoms with Crippen LogP contribution in [0, 0.1) is 0 Å². The molecular weight excluding hydrogens is 516 g/mol. The van der Waals surface area contributed by atoms with E-state index in [1.807, 2.05) is 13.8 Å². The van der Waals surface area contributed by atoms with Gasteiger partial charge in [0, 0.05) is 13.2 Å². The van der Waals surface area contributed by atoms with Gasteiger partial charge in [-0.05, 0) is 38.1 Å². The van der Waals surface area contributed by atoms with Gasteiger partial charge in [-0.15, -0.1) is 34.0 Å². The van der Waals surface area contributed by atoms with Crippen molar-refractivity contribution in [2.75, 3.05) is 27.4 Å². The third-order valence-corrected chi connectivity index (χ3v) is 3.02. The van der Waals surface area contributed by atoms with Gasteiger partial charge in [-0.3, -0.25) is 0 Å². The van der Waals surface area contributed by atoms with Crippen molar-refractivity contribution in [1.29, 1.82) is 0 Å². The molecule has 168 valence electrons. The Bertz CT molecular complexity index is 568. The fourth-order valence-corrected chi connectivity index (χ4v) is 1.63. The number of hydrogen-bond acceptors (Lipinski definition) is 9. The molecule has 0 aromatic carbocycles. The molecule has 0 aliphatic rings. The monoisotopic (exact) mass is 544 g/mol. The lowest BCUT2D eigenvalue weighted by atomic mass is 10.2.